The molecule has 1 aliphatic heterocycles. The zero-order valence-electron chi connectivity index (χ0n) is 20.2. The van der Waals surface area contributed by atoms with Crippen LogP contribution in [0.25, 0.3) is 5.57 Å². The van der Waals surface area contributed by atoms with Gasteiger partial charge in [0, 0.05) is 42.8 Å². The van der Waals surface area contributed by atoms with E-state index in [2.05, 4.69) is 37.0 Å². The number of pyridine rings is 2. The third kappa shape index (κ3) is 4.35. The number of benzene rings is 1. The van der Waals surface area contributed by atoms with Crippen molar-refractivity contribution in [1.82, 2.24) is 14.9 Å². The normalized spacial score (nSPS) is 15.4. The lowest BCUT2D eigenvalue weighted by Gasteiger charge is -2.31. The van der Waals surface area contributed by atoms with E-state index in [1.807, 2.05) is 23.2 Å². The van der Waals surface area contributed by atoms with Crippen LogP contribution in [0.15, 0.2) is 54.5 Å². The fourth-order valence-electron chi connectivity index (χ4n) is 5.31. The summed E-state index contributed by atoms with van der Waals surface area (Å²) in [5.41, 5.74) is 10.9. The van der Waals surface area contributed by atoms with Gasteiger partial charge in [0.1, 0.15) is 5.75 Å². The Labute approximate surface area is 201 Å². The second-order valence-corrected chi connectivity index (χ2v) is 9.41. The predicted molar refractivity (Wildman–Crippen MR) is 134 cm³/mol. The van der Waals surface area contributed by atoms with Crippen LogP contribution in [-0.4, -0.2) is 41.0 Å². The van der Waals surface area contributed by atoms with Crippen LogP contribution in [0.2, 0.25) is 0 Å². The first-order chi connectivity index (χ1) is 16.5. The topological polar surface area (TPSA) is 55.3 Å². The Hall–Kier alpha value is -3.47. The number of hydrogen-bond acceptors (Lipinski definition) is 4. The van der Waals surface area contributed by atoms with Crippen LogP contribution in [0.4, 0.5) is 0 Å². The lowest BCUT2D eigenvalue weighted by atomic mass is 9.87. The predicted octanol–water partition coefficient (Wildman–Crippen LogP) is 4.87. The second kappa shape index (κ2) is 9.41. The summed E-state index contributed by atoms with van der Waals surface area (Å²) >= 11 is 0. The van der Waals surface area contributed by atoms with Gasteiger partial charge in [0.05, 0.1) is 19.2 Å². The number of nitrogens with zero attached hydrogens (tertiary/aromatic N) is 3. The monoisotopic (exact) mass is 453 g/mol. The second-order valence-electron chi connectivity index (χ2n) is 9.41. The summed E-state index contributed by atoms with van der Waals surface area (Å²) in [6, 6.07) is 10.5. The lowest BCUT2D eigenvalue weighted by Crippen LogP contribution is -2.37. The van der Waals surface area contributed by atoms with Gasteiger partial charge in [-0.25, -0.2) is 0 Å². The van der Waals surface area contributed by atoms with Crippen LogP contribution in [0.5, 0.6) is 5.75 Å². The van der Waals surface area contributed by atoms with Gasteiger partial charge in [-0.1, -0.05) is 17.7 Å². The number of hydrogen-bond donors (Lipinski definition) is 0. The molecule has 0 saturated carbocycles. The number of aromatic nitrogens is 2. The molecule has 0 atom stereocenters. The molecule has 1 saturated heterocycles. The van der Waals surface area contributed by atoms with E-state index in [-0.39, 0.29) is 5.91 Å². The van der Waals surface area contributed by atoms with Crippen LogP contribution >= 0.6 is 0 Å². The van der Waals surface area contributed by atoms with Crippen molar-refractivity contribution in [2.75, 3.05) is 20.2 Å². The Morgan fingerprint density at radius 3 is 2.41 bits per heavy atom. The fraction of sp³-hybridized carbons (Fsp3) is 0.345. The standard InChI is InChI=1S/C29H31N3O2/c1-19-14-23-4-5-24-15-20(2)18-31-29(24)28(27(23)25(16-19)34-3)22-8-12-32(13-9-22)26(33)17-21-6-10-30-11-7-21/h6-7,10-11,14-16,18H,4-5,8-9,12-13,17H2,1-3H3. The molecular weight excluding hydrogens is 422 g/mol. The smallest absolute Gasteiger partial charge is 0.227 e. The maximum Gasteiger partial charge on any atom is 0.227 e. The minimum atomic E-state index is 0.180. The molecule has 1 aliphatic carbocycles. The molecule has 0 unspecified atom stereocenters. The molecule has 1 amide bonds. The Morgan fingerprint density at radius 1 is 0.971 bits per heavy atom. The quantitative estimate of drug-likeness (QED) is 0.568. The molecule has 0 spiro atoms. The molecule has 1 fully saturated rings. The number of aryl methyl sites for hydroxylation is 4. The summed E-state index contributed by atoms with van der Waals surface area (Å²) in [4.78, 5) is 23.9. The molecule has 1 aromatic carbocycles. The van der Waals surface area contributed by atoms with Gasteiger partial charge >= 0.3 is 0 Å². The lowest BCUT2D eigenvalue weighted by molar-refractivity contribution is -0.130. The largest absolute Gasteiger partial charge is 0.496 e. The van der Waals surface area contributed by atoms with Crippen molar-refractivity contribution < 1.29 is 9.53 Å². The van der Waals surface area contributed by atoms with Crippen LogP contribution in [-0.2, 0) is 24.1 Å². The van der Waals surface area contributed by atoms with Gasteiger partial charge in [-0.15, -0.1) is 0 Å². The van der Waals surface area contributed by atoms with E-state index in [4.69, 9.17) is 9.72 Å². The number of likely N-dealkylation sites (tertiary alicyclic amines) is 1. The molecule has 2 aromatic heterocycles. The van der Waals surface area contributed by atoms with E-state index in [1.54, 1.807) is 19.5 Å². The minimum Gasteiger partial charge on any atom is -0.496 e. The van der Waals surface area contributed by atoms with E-state index in [0.717, 1.165) is 55.8 Å². The van der Waals surface area contributed by atoms with E-state index in [1.165, 1.54) is 39.0 Å². The molecule has 0 bridgehead atoms. The first-order valence-electron chi connectivity index (χ1n) is 12.1. The van der Waals surface area contributed by atoms with Crippen LogP contribution < -0.4 is 4.74 Å². The fourth-order valence-corrected chi connectivity index (χ4v) is 5.31. The number of ether oxygens (including phenoxy) is 1. The van der Waals surface area contributed by atoms with Crippen molar-refractivity contribution in [2.24, 2.45) is 0 Å². The number of amides is 1. The van der Waals surface area contributed by atoms with Gasteiger partial charge in [0.25, 0.3) is 0 Å². The Bertz CT molecular complexity index is 1250. The van der Waals surface area contributed by atoms with Crippen LogP contribution in [0, 0.1) is 13.8 Å². The van der Waals surface area contributed by atoms with Gasteiger partial charge in [0.15, 0.2) is 0 Å². The molecule has 2 aliphatic rings. The van der Waals surface area contributed by atoms with E-state index in [0.29, 0.717) is 6.42 Å². The highest BCUT2D eigenvalue weighted by Crippen LogP contribution is 2.42. The SMILES string of the molecule is COc1cc(C)cc2c1C(=C1CCN(C(=O)Cc3ccncc3)CC1)c1ncc(C)cc1CC2. The first-order valence-corrected chi connectivity index (χ1v) is 12.1. The Balaban J connectivity index is 1.51. The maximum atomic E-state index is 12.9. The van der Waals surface area contributed by atoms with Gasteiger partial charge in [0.2, 0.25) is 5.91 Å². The highest BCUT2D eigenvalue weighted by atomic mass is 16.5. The molecule has 34 heavy (non-hydrogen) atoms. The van der Waals surface area contributed by atoms with Crippen molar-refractivity contribution in [2.45, 2.75) is 46.0 Å². The van der Waals surface area contributed by atoms with E-state index < -0.39 is 0 Å². The third-order valence-corrected chi connectivity index (χ3v) is 6.98. The molecule has 3 heterocycles. The molecule has 5 heteroatoms. The average molecular weight is 454 g/mol. The first kappa shape index (κ1) is 22.3. The van der Waals surface area contributed by atoms with E-state index in [9.17, 15) is 4.79 Å². The number of rotatable bonds is 3. The number of piperidine rings is 1. The number of carbonyl (C=O) groups is 1. The number of fused-ring (bicyclic) bond motifs is 2. The summed E-state index contributed by atoms with van der Waals surface area (Å²) in [6.45, 7) is 5.69. The number of carbonyl (C=O) groups excluding carboxylic acids is 1. The average Bonchev–Trinajstić information content (AvgIpc) is 3.01. The molecule has 0 N–H and O–H groups in total. The van der Waals surface area contributed by atoms with Crippen molar-refractivity contribution in [3.8, 4) is 5.75 Å². The highest BCUT2D eigenvalue weighted by Gasteiger charge is 2.29. The maximum absolute atomic E-state index is 12.9. The summed E-state index contributed by atoms with van der Waals surface area (Å²) in [7, 11) is 1.76. The molecular formula is C29H31N3O2. The molecule has 3 aromatic rings. The van der Waals surface area contributed by atoms with Crippen LogP contribution in [0.3, 0.4) is 0 Å². The van der Waals surface area contributed by atoms with Crippen LogP contribution in [0.1, 0.15) is 51.9 Å². The zero-order chi connectivity index (χ0) is 23.7. The van der Waals surface area contributed by atoms with E-state index >= 15 is 0 Å². The van der Waals surface area contributed by atoms with Crippen molar-refractivity contribution in [1.29, 1.82) is 0 Å². The molecule has 174 valence electrons. The number of methoxy groups -OCH3 is 1. The summed E-state index contributed by atoms with van der Waals surface area (Å²) in [6.07, 6.45) is 9.52. The van der Waals surface area contributed by atoms with Gasteiger partial charge in [-0.05, 0) is 85.5 Å². The van der Waals surface area contributed by atoms with Crippen molar-refractivity contribution in [3.63, 3.8) is 0 Å². The van der Waals surface area contributed by atoms with Crippen molar-refractivity contribution >= 4 is 11.5 Å². The third-order valence-electron chi connectivity index (χ3n) is 6.98. The summed E-state index contributed by atoms with van der Waals surface area (Å²) in [5.74, 6) is 1.10. The zero-order valence-corrected chi connectivity index (χ0v) is 20.2. The molecule has 5 rings (SSSR count). The highest BCUT2D eigenvalue weighted by molar-refractivity contribution is 5.88. The summed E-state index contributed by atoms with van der Waals surface area (Å²) < 4.78 is 5.90. The van der Waals surface area contributed by atoms with Gasteiger partial charge in [-0.2, -0.15) is 0 Å². The van der Waals surface area contributed by atoms with Crippen molar-refractivity contribution in [3.05, 3.63) is 93.6 Å². The molecule has 5 nitrogen and oxygen atoms in total. The van der Waals surface area contributed by atoms with Gasteiger partial charge in [-0.3, -0.25) is 14.8 Å². The Morgan fingerprint density at radius 2 is 1.68 bits per heavy atom. The summed E-state index contributed by atoms with van der Waals surface area (Å²) in [5, 5.41) is 0. The Kier molecular flexibility index (Phi) is 6.18. The minimum absolute atomic E-state index is 0.180. The molecule has 0 radical (unpaired) electrons. The van der Waals surface area contributed by atoms with Gasteiger partial charge < -0.3 is 9.64 Å².